The number of hydrogen-bond acceptors (Lipinski definition) is 4. The number of fused-ring (bicyclic) bond motifs is 1. The molecule has 2 heterocycles. The van der Waals surface area contributed by atoms with Gasteiger partial charge in [0.1, 0.15) is 11.6 Å². The van der Waals surface area contributed by atoms with E-state index in [0.29, 0.717) is 6.42 Å². The van der Waals surface area contributed by atoms with E-state index in [0.717, 1.165) is 42.3 Å². The summed E-state index contributed by atoms with van der Waals surface area (Å²) in [6.07, 6.45) is 1.70. The highest BCUT2D eigenvalue weighted by Gasteiger charge is 2.15. The Labute approximate surface area is 119 Å². The summed E-state index contributed by atoms with van der Waals surface area (Å²) in [4.78, 5) is 9.39. The second-order valence-electron chi connectivity index (χ2n) is 5.07. The summed E-state index contributed by atoms with van der Waals surface area (Å²) in [6, 6.07) is 8.04. The third-order valence-electron chi connectivity index (χ3n) is 3.73. The molecule has 3 rings (SSSR count). The second kappa shape index (κ2) is 5.59. The van der Waals surface area contributed by atoms with Crippen molar-refractivity contribution in [2.45, 2.75) is 26.3 Å². The minimum atomic E-state index is 0.714. The molecule has 1 N–H and O–H groups in total. The summed E-state index contributed by atoms with van der Waals surface area (Å²) in [7, 11) is 1.70. The monoisotopic (exact) mass is 269 g/mol. The van der Waals surface area contributed by atoms with E-state index in [4.69, 9.17) is 9.72 Å². The smallest absolute Gasteiger partial charge is 0.133 e. The van der Waals surface area contributed by atoms with Gasteiger partial charge in [0.05, 0.1) is 12.8 Å². The molecule has 4 heteroatoms. The SMILES string of the molecule is COc1ccccc1Cc1nc(C)c2c(n1)CCNC2. The van der Waals surface area contributed by atoms with E-state index < -0.39 is 0 Å². The Hall–Kier alpha value is -1.94. The quantitative estimate of drug-likeness (QED) is 0.926. The summed E-state index contributed by atoms with van der Waals surface area (Å²) < 4.78 is 5.39. The molecule has 0 aliphatic carbocycles. The van der Waals surface area contributed by atoms with Crippen LogP contribution in [0.4, 0.5) is 0 Å². The lowest BCUT2D eigenvalue weighted by molar-refractivity contribution is 0.410. The Kier molecular flexibility index (Phi) is 3.65. The molecule has 0 spiro atoms. The highest BCUT2D eigenvalue weighted by molar-refractivity contribution is 5.36. The third-order valence-corrected chi connectivity index (χ3v) is 3.73. The maximum absolute atomic E-state index is 5.39. The topological polar surface area (TPSA) is 47.0 Å². The fourth-order valence-electron chi connectivity index (χ4n) is 2.67. The Bertz CT molecular complexity index is 625. The molecule has 0 radical (unpaired) electrons. The van der Waals surface area contributed by atoms with Gasteiger partial charge in [-0.15, -0.1) is 0 Å². The molecule has 2 aromatic rings. The first-order valence-corrected chi connectivity index (χ1v) is 6.96. The van der Waals surface area contributed by atoms with Gasteiger partial charge in [0.15, 0.2) is 0 Å². The first-order valence-electron chi connectivity index (χ1n) is 6.96. The lowest BCUT2D eigenvalue weighted by Gasteiger charge is -2.19. The van der Waals surface area contributed by atoms with E-state index in [1.165, 1.54) is 11.3 Å². The van der Waals surface area contributed by atoms with E-state index >= 15 is 0 Å². The van der Waals surface area contributed by atoms with Gasteiger partial charge >= 0.3 is 0 Å². The van der Waals surface area contributed by atoms with Crippen molar-refractivity contribution in [1.29, 1.82) is 0 Å². The summed E-state index contributed by atoms with van der Waals surface area (Å²) in [5.74, 6) is 1.78. The van der Waals surface area contributed by atoms with Crippen molar-refractivity contribution < 1.29 is 4.74 Å². The Morgan fingerprint density at radius 2 is 2.10 bits per heavy atom. The van der Waals surface area contributed by atoms with Crippen LogP contribution in [0.5, 0.6) is 5.75 Å². The number of aryl methyl sites for hydroxylation is 1. The Balaban J connectivity index is 1.93. The number of hydrogen-bond donors (Lipinski definition) is 1. The van der Waals surface area contributed by atoms with Crippen LogP contribution in [0.1, 0.15) is 28.3 Å². The van der Waals surface area contributed by atoms with Crippen LogP contribution < -0.4 is 10.1 Å². The standard InChI is InChI=1S/C16H19N3O/c1-11-13-10-17-8-7-14(13)19-16(18-11)9-12-5-3-4-6-15(12)20-2/h3-6,17H,7-10H2,1-2H3. The molecule has 4 nitrogen and oxygen atoms in total. The largest absolute Gasteiger partial charge is 0.496 e. The number of aromatic nitrogens is 2. The van der Waals surface area contributed by atoms with Crippen molar-refractivity contribution in [2.24, 2.45) is 0 Å². The molecule has 0 fully saturated rings. The zero-order valence-corrected chi connectivity index (χ0v) is 11.9. The zero-order valence-electron chi connectivity index (χ0n) is 11.9. The van der Waals surface area contributed by atoms with Crippen LogP contribution >= 0.6 is 0 Å². The van der Waals surface area contributed by atoms with Gasteiger partial charge in [0.2, 0.25) is 0 Å². The number of nitrogens with zero attached hydrogens (tertiary/aromatic N) is 2. The van der Waals surface area contributed by atoms with Crippen molar-refractivity contribution in [3.8, 4) is 5.75 Å². The van der Waals surface area contributed by atoms with E-state index in [9.17, 15) is 0 Å². The summed E-state index contributed by atoms with van der Waals surface area (Å²) in [5.41, 5.74) is 4.68. The van der Waals surface area contributed by atoms with E-state index in [1.807, 2.05) is 18.2 Å². The van der Waals surface area contributed by atoms with E-state index in [1.54, 1.807) is 7.11 Å². The highest BCUT2D eigenvalue weighted by atomic mass is 16.5. The fraction of sp³-hybridized carbons (Fsp3) is 0.375. The Morgan fingerprint density at radius 1 is 1.25 bits per heavy atom. The predicted octanol–water partition coefficient (Wildman–Crippen LogP) is 2.03. The van der Waals surface area contributed by atoms with Crippen molar-refractivity contribution in [1.82, 2.24) is 15.3 Å². The normalized spacial score (nSPS) is 13.9. The van der Waals surface area contributed by atoms with Crippen LogP contribution in [0.2, 0.25) is 0 Å². The van der Waals surface area contributed by atoms with Crippen LogP contribution in [0.3, 0.4) is 0 Å². The van der Waals surface area contributed by atoms with Gasteiger partial charge in [0, 0.05) is 42.8 Å². The van der Waals surface area contributed by atoms with Gasteiger partial charge in [-0.05, 0) is 13.0 Å². The third kappa shape index (κ3) is 2.51. The van der Waals surface area contributed by atoms with Gasteiger partial charge < -0.3 is 10.1 Å². The molecular formula is C16H19N3O. The average molecular weight is 269 g/mol. The molecule has 0 saturated heterocycles. The van der Waals surface area contributed by atoms with Gasteiger partial charge in [-0.25, -0.2) is 9.97 Å². The molecule has 1 aromatic heterocycles. The Morgan fingerprint density at radius 3 is 2.95 bits per heavy atom. The molecule has 1 aliphatic rings. The maximum atomic E-state index is 5.39. The number of benzene rings is 1. The summed E-state index contributed by atoms with van der Waals surface area (Å²) >= 11 is 0. The number of ether oxygens (including phenoxy) is 1. The van der Waals surface area contributed by atoms with Crippen LogP contribution in [0.25, 0.3) is 0 Å². The number of nitrogens with one attached hydrogen (secondary N) is 1. The predicted molar refractivity (Wildman–Crippen MR) is 78.0 cm³/mol. The van der Waals surface area contributed by atoms with Crippen molar-refractivity contribution in [2.75, 3.05) is 13.7 Å². The van der Waals surface area contributed by atoms with Crippen LogP contribution in [0, 0.1) is 6.92 Å². The molecule has 20 heavy (non-hydrogen) atoms. The van der Waals surface area contributed by atoms with Gasteiger partial charge in [-0.3, -0.25) is 0 Å². The minimum absolute atomic E-state index is 0.714. The number of rotatable bonds is 3. The zero-order chi connectivity index (χ0) is 13.9. The van der Waals surface area contributed by atoms with Gasteiger partial charge in [0.25, 0.3) is 0 Å². The van der Waals surface area contributed by atoms with Crippen molar-refractivity contribution >= 4 is 0 Å². The second-order valence-corrected chi connectivity index (χ2v) is 5.07. The van der Waals surface area contributed by atoms with Crippen molar-refractivity contribution in [3.63, 3.8) is 0 Å². The first-order chi connectivity index (χ1) is 9.78. The molecule has 0 saturated carbocycles. The first kappa shape index (κ1) is 13.1. The molecule has 0 bridgehead atoms. The molecule has 0 unspecified atom stereocenters. The highest BCUT2D eigenvalue weighted by Crippen LogP contribution is 2.21. The molecular weight excluding hydrogens is 250 g/mol. The lowest BCUT2D eigenvalue weighted by Crippen LogP contribution is -2.26. The fourth-order valence-corrected chi connectivity index (χ4v) is 2.67. The lowest BCUT2D eigenvalue weighted by atomic mass is 10.0. The van der Waals surface area contributed by atoms with Crippen molar-refractivity contribution in [3.05, 3.63) is 52.6 Å². The van der Waals surface area contributed by atoms with Gasteiger partial charge in [-0.1, -0.05) is 18.2 Å². The van der Waals surface area contributed by atoms with Crippen LogP contribution in [-0.4, -0.2) is 23.6 Å². The molecule has 0 amide bonds. The molecule has 1 aromatic carbocycles. The summed E-state index contributed by atoms with van der Waals surface area (Å²) in [5, 5.41) is 3.37. The number of methoxy groups -OCH3 is 1. The van der Waals surface area contributed by atoms with E-state index in [-0.39, 0.29) is 0 Å². The maximum Gasteiger partial charge on any atom is 0.133 e. The molecule has 104 valence electrons. The minimum Gasteiger partial charge on any atom is -0.496 e. The van der Waals surface area contributed by atoms with Crippen LogP contribution in [-0.2, 0) is 19.4 Å². The van der Waals surface area contributed by atoms with Gasteiger partial charge in [-0.2, -0.15) is 0 Å². The molecule has 0 atom stereocenters. The molecule has 1 aliphatic heterocycles. The van der Waals surface area contributed by atoms with Crippen LogP contribution in [0.15, 0.2) is 24.3 Å². The average Bonchev–Trinajstić information content (AvgIpc) is 2.48. The number of para-hydroxylation sites is 1. The summed E-state index contributed by atoms with van der Waals surface area (Å²) in [6.45, 7) is 3.95. The van der Waals surface area contributed by atoms with E-state index in [2.05, 4.69) is 23.3 Å².